The third-order valence-electron chi connectivity index (χ3n) is 3.11. The summed E-state index contributed by atoms with van der Waals surface area (Å²) in [4.78, 5) is 23.3. The Kier molecular flexibility index (Phi) is 4.80. The summed E-state index contributed by atoms with van der Waals surface area (Å²) in [5.74, 6) is -0.786. The van der Waals surface area contributed by atoms with E-state index in [0.29, 0.717) is 10.6 Å². The van der Waals surface area contributed by atoms with Crippen molar-refractivity contribution in [3.05, 3.63) is 34.9 Å². The molecule has 5 heteroatoms. The number of nitrogens with one attached hydrogen (secondary N) is 1. The van der Waals surface area contributed by atoms with Gasteiger partial charge in [0.2, 0.25) is 0 Å². The Morgan fingerprint density at radius 3 is 2.74 bits per heavy atom. The summed E-state index contributed by atoms with van der Waals surface area (Å²) in [5, 5.41) is 3.32. The lowest BCUT2D eigenvalue weighted by Crippen LogP contribution is -2.35. The van der Waals surface area contributed by atoms with Crippen molar-refractivity contribution >= 4 is 23.5 Å². The second-order valence-electron chi connectivity index (χ2n) is 4.64. The van der Waals surface area contributed by atoms with Crippen LogP contribution in [0.3, 0.4) is 0 Å². The molecule has 0 heterocycles. The summed E-state index contributed by atoms with van der Waals surface area (Å²) in [6, 6.07) is 6.68. The summed E-state index contributed by atoms with van der Waals surface area (Å²) >= 11 is 5.78. The number of ether oxygens (including phenoxy) is 1. The van der Waals surface area contributed by atoms with Gasteiger partial charge in [0.1, 0.15) is 0 Å². The molecule has 102 valence electrons. The van der Waals surface area contributed by atoms with Crippen molar-refractivity contribution < 1.29 is 14.3 Å². The maximum atomic E-state index is 11.7. The quantitative estimate of drug-likeness (QED) is 0.863. The van der Waals surface area contributed by atoms with Gasteiger partial charge in [-0.05, 0) is 31.0 Å². The Hall–Kier alpha value is -1.55. The Labute approximate surface area is 117 Å². The fraction of sp³-hybridized carbons (Fsp3) is 0.429. The SMILES string of the molecule is O=C(COC(=O)c1cccc(Cl)c1)NC1CCCC1. The number of carbonyl (C=O) groups excluding carboxylic acids is 2. The molecule has 2 rings (SSSR count). The molecule has 0 unspecified atom stereocenters. The molecular formula is C14H16ClNO3. The first-order valence-electron chi connectivity index (χ1n) is 6.37. The highest BCUT2D eigenvalue weighted by molar-refractivity contribution is 6.30. The van der Waals surface area contributed by atoms with E-state index in [1.54, 1.807) is 18.2 Å². The van der Waals surface area contributed by atoms with Crippen molar-refractivity contribution in [2.45, 2.75) is 31.7 Å². The number of esters is 1. The predicted octanol–water partition coefficient (Wildman–Crippen LogP) is 2.56. The van der Waals surface area contributed by atoms with Crippen LogP contribution >= 0.6 is 11.6 Å². The van der Waals surface area contributed by atoms with Crippen LogP contribution in [0.15, 0.2) is 24.3 Å². The smallest absolute Gasteiger partial charge is 0.338 e. The summed E-state index contributed by atoms with van der Waals surface area (Å²) in [7, 11) is 0. The van der Waals surface area contributed by atoms with Crippen LogP contribution < -0.4 is 5.32 Å². The molecule has 1 aliphatic carbocycles. The molecule has 0 saturated heterocycles. The third kappa shape index (κ3) is 4.24. The average Bonchev–Trinajstić information content (AvgIpc) is 2.88. The molecule has 4 nitrogen and oxygen atoms in total. The lowest BCUT2D eigenvalue weighted by molar-refractivity contribution is -0.124. The monoisotopic (exact) mass is 281 g/mol. The van der Waals surface area contributed by atoms with Gasteiger partial charge in [-0.3, -0.25) is 4.79 Å². The highest BCUT2D eigenvalue weighted by Crippen LogP contribution is 2.17. The molecule has 1 N–H and O–H groups in total. The molecule has 0 bridgehead atoms. The molecule has 0 aliphatic heterocycles. The van der Waals surface area contributed by atoms with Crippen molar-refractivity contribution in [3.8, 4) is 0 Å². The van der Waals surface area contributed by atoms with E-state index in [1.807, 2.05) is 0 Å². The zero-order valence-corrected chi connectivity index (χ0v) is 11.3. The summed E-state index contributed by atoms with van der Waals surface area (Å²) < 4.78 is 4.95. The van der Waals surface area contributed by atoms with Crippen LogP contribution in [0, 0.1) is 0 Å². The maximum absolute atomic E-state index is 11.7. The van der Waals surface area contributed by atoms with E-state index in [9.17, 15) is 9.59 Å². The molecule has 0 spiro atoms. The van der Waals surface area contributed by atoms with Gasteiger partial charge in [0.05, 0.1) is 5.56 Å². The summed E-state index contributed by atoms with van der Waals surface area (Å²) in [5.41, 5.74) is 0.348. The number of hydrogen-bond donors (Lipinski definition) is 1. The number of rotatable bonds is 4. The van der Waals surface area contributed by atoms with Gasteiger partial charge in [0, 0.05) is 11.1 Å². The summed E-state index contributed by atoms with van der Waals surface area (Å²) in [6.45, 7) is -0.248. The zero-order chi connectivity index (χ0) is 13.7. The van der Waals surface area contributed by atoms with E-state index in [1.165, 1.54) is 6.07 Å². The van der Waals surface area contributed by atoms with Crippen molar-refractivity contribution in [2.24, 2.45) is 0 Å². The van der Waals surface area contributed by atoms with Crippen molar-refractivity contribution in [3.63, 3.8) is 0 Å². The molecule has 0 atom stereocenters. The minimum absolute atomic E-state index is 0.234. The number of amides is 1. The number of halogens is 1. The van der Waals surface area contributed by atoms with Crippen LogP contribution in [0.4, 0.5) is 0 Å². The average molecular weight is 282 g/mol. The van der Waals surface area contributed by atoms with Gasteiger partial charge in [-0.15, -0.1) is 0 Å². The molecule has 1 aliphatic rings. The Morgan fingerprint density at radius 2 is 2.05 bits per heavy atom. The van der Waals surface area contributed by atoms with Gasteiger partial charge in [0.15, 0.2) is 6.61 Å². The van der Waals surface area contributed by atoms with Gasteiger partial charge in [-0.25, -0.2) is 4.79 Å². The molecule has 1 aromatic rings. The van der Waals surface area contributed by atoms with Crippen LogP contribution in [0.5, 0.6) is 0 Å². The first-order chi connectivity index (χ1) is 9.15. The van der Waals surface area contributed by atoms with E-state index < -0.39 is 5.97 Å². The molecule has 1 saturated carbocycles. The number of benzene rings is 1. The standard InChI is InChI=1S/C14H16ClNO3/c15-11-5-3-4-10(8-11)14(18)19-9-13(17)16-12-6-1-2-7-12/h3-5,8,12H,1-2,6-7,9H2,(H,16,17). The van der Waals surface area contributed by atoms with Gasteiger partial charge >= 0.3 is 5.97 Å². The van der Waals surface area contributed by atoms with Crippen LogP contribution in [0.25, 0.3) is 0 Å². The molecule has 19 heavy (non-hydrogen) atoms. The van der Waals surface area contributed by atoms with E-state index >= 15 is 0 Å². The van der Waals surface area contributed by atoms with E-state index in [-0.39, 0.29) is 18.6 Å². The molecule has 0 radical (unpaired) electrons. The second-order valence-corrected chi connectivity index (χ2v) is 5.07. The molecular weight excluding hydrogens is 266 g/mol. The highest BCUT2D eigenvalue weighted by Gasteiger charge is 2.18. The van der Waals surface area contributed by atoms with Gasteiger partial charge < -0.3 is 10.1 Å². The van der Waals surface area contributed by atoms with Gasteiger partial charge in [-0.1, -0.05) is 30.5 Å². The van der Waals surface area contributed by atoms with E-state index in [4.69, 9.17) is 16.3 Å². The van der Waals surface area contributed by atoms with Gasteiger partial charge in [0.25, 0.3) is 5.91 Å². The van der Waals surface area contributed by atoms with Crippen LogP contribution in [-0.4, -0.2) is 24.5 Å². The Morgan fingerprint density at radius 1 is 1.32 bits per heavy atom. The summed E-state index contributed by atoms with van der Waals surface area (Å²) in [6.07, 6.45) is 4.31. The minimum Gasteiger partial charge on any atom is -0.452 e. The highest BCUT2D eigenvalue weighted by atomic mass is 35.5. The van der Waals surface area contributed by atoms with Crippen LogP contribution in [0.2, 0.25) is 5.02 Å². The molecule has 0 aromatic heterocycles. The zero-order valence-electron chi connectivity index (χ0n) is 10.5. The molecule has 1 amide bonds. The topological polar surface area (TPSA) is 55.4 Å². The predicted molar refractivity (Wildman–Crippen MR) is 72.1 cm³/mol. The normalized spacial score (nSPS) is 15.2. The first-order valence-corrected chi connectivity index (χ1v) is 6.75. The largest absolute Gasteiger partial charge is 0.452 e. The molecule has 1 fully saturated rings. The number of hydrogen-bond acceptors (Lipinski definition) is 3. The molecule has 1 aromatic carbocycles. The lowest BCUT2D eigenvalue weighted by Gasteiger charge is -2.11. The van der Waals surface area contributed by atoms with Crippen molar-refractivity contribution in [2.75, 3.05) is 6.61 Å². The van der Waals surface area contributed by atoms with Crippen molar-refractivity contribution in [1.82, 2.24) is 5.32 Å². The van der Waals surface area contributed by atoms with Crippen LogP contribution in [-0.2, 0) is 9.53 Å². The maximum Gasteiger partial charge on any atom is 0.338 e. The van der Waals surface area contributed by atoms with E-state index in [2.05, 4.69) is 5.32 Å². The third-order valence-corrected chi connectivity index (χ3v) is 3.35. The second kappa shape index (κ2) is 6.57. The Bertz CT molecular complexity index is 470. The van der Waals surface area contributed by atoms with Crippen LogP contribution in [0.1, 0.15) is 36.0 Å². The van der Waals surface area contributed by atoms with Gasteiger partial charge in [-0.2, -0.15) is 0 Å². The lowest BCUT2D eigenvalue weighted by atomic mass is 10.2. The van der Waals surface area contributed by atoms with Crippen molar-refractivity contribution in [1.29, 1.82) is 0 Å². The van der Waals surface area contributed by atoms with E-state index in [0.717, 1.165) is 25.7 Å². The fourth-order valence-electron chi connectivity index (χ4n) is 2.17. The Balaban J connectivity index is 1.78. The first kappa shape index (κ1) is 13.9. The minimum atomic E-state index is -0.538. The fourth-order valence-corrected chi connectivity index (χ4v) is 2.36. The number of carbonyl (C=O) groups is 2.